The van der Waals surface area contributed by atoms with Gasteiger partial charge in [-0.05, 0) is 37.5 Å². The van der Waals surface area contributed by atoms with E-state index in [1.807, 2.05) is 6.92 Å². The van der Waals surface area contributed by atoms with Crippen LogP contribution in [0.25, 0.3) is 0 Å². The maximum Gasteiger partial charge on any atom is 0.306 e. The predicted octanol–water partition coefficient (Wildman–Crippen LogP) is 4.60. The molecular formula is C22H28O6. The van der Waals surface area contributed by atoms with Crippen molar-refractivity contribution in [3.05, 3.63) is 34.9 Å². The van der Waals surface area contributed by atoms with Crippen LogP contribution in [0.5, 0.6) is 11.5 Å². The van der Waals surface area contributed by atoms with Gasteiger partial charge in [0.15, 0.2) is 11.6 Å². The Morgan fingerprint density at radius 3 is 2.21 bits per heavy atom. The van der Waals surface area contributed by atoms with Gasteiger partial charge >= 0.3 is 5.97 Å². The molecule has 0 N–H and O–H groups in total. The van der Waals surface area contributed by atoms with E-state index >= 15 is 0 Å². The SMILES string of the molecule is CCCCCC(OC(=O)CCC)c1cc(OC)c2c(c1OC)C(=O)C=CC2=O. The summed E-state index contributed by atoms with van der Waals surface area (Å²) >= 11 is 0. The predicted molar refractivity (Wildman–Crippen MR) is 105 cm³/mol. The molecule has 1 atom stereocenters. The Bertz CT molecular complexity index is 778. The molecule has 1 aromatic rings. The highest BCUT2D eigenvalue weighted by molar-refractivity contribution is 6.24. The van der Waals surface area contributed by atoms with E-state index in [1.54, 1.807) is 6.07 Å². The highest BCUT2D eigenvalue weighted by atomic mass is 16.5. The van der Waals surface area contributed by atoms with Gasteiger partial charge in [-0.1, -0.05) is 26.7 Å². The number of rotatable bonds is 10. The van der Waals surface area contributed by atoms with E-state index in [4.69, 9.17) is 14.2 Å². The lowest BCUT2D eigenvalue weighted by Crippen LogP contribution is -2.19. The topological polar surface area (TPSA) is 78.9 Å². The van der Waals surface area contributed by atoms with Gasteiger partial charge in [0.1, 0.15) is 17.6 Å². The molecule has 1 aromatic carbocycles. The minimum atomic E-state index is -0.575. The summed E-state index contributed by atoms with van der Waals surface area (Å²) in [6.45, 7) is 4.00. The molecule has 6 heteroatoms. The summed E-state index contributed by atoms with van der Waals surface area (Å²) in [5.41, 5.74) is 0.897. The summed E-state index contributed by atoms with van der Waals surface area (Å²) < 4.78 is 16.7. The zero-order valence-corrected chi connectivity index (χ0v) is 17.0. The molecule has 1 unspecified atom stereocenters. The number of hydrogen-bond acceptors (Lipinski definition) is 6. The Kier molecular flexibility index (Phi) is 7.79. The molecule has 6 nitrogen and oxygen atoms in total. The molecule has 0 aromatic heterocycles. The lowest BCUT2D eigenvalue weighted by molar-refractivity contribution is -0.150. The van der Waals surface area contributed by atoms with Crippen LogP contribution in [0.15, 0.2) is 18.2 Å². The molecule has 0 saturated carbocycles. The number of esters is 1. The van der Waals surface area contributed by atoms with Crippen molar-refractivity contribution in [2.24, 2.45) is 0 Å². The fourth-order valence-corrected chi connectivity index (χ4v) is 3.36. The van der Waals surface area contributed by atoms with Gasteiger partial charge in [-0.3, -0.25) is 14.4 Å². The largest absolute Gasteiger partial charge is 0.496 e. The van der Waals surface area contributed by atoms with Crippen molar-refractivity contribution in [1.82, 2.24) is 0 Å². The first kappa shape index (κ1) is 21.7. The van der Waals surface area contributed by atoms with Crippen molar-refractivity contribution in [1.29, 1.82) is 0 Å². The average molecular weight is 388 g/mol. The normalized spacial score (nSPS) is 13.9. The van der Waals surface area contributed by atoms with E-state index in [-0.39, 0.29) is 40.2 Å². The number of fused-ring (bicyclic) bond motifs is 1. The number of benzene rings is 1. The molecule has 1 aliphatic carbocycles. The molecule has 28 heavy (non-hydrogen) atoms. The second kappa shape index (κ2) is 10.1. The number of hydrogen-bond donors (Lipinski definition) is 0. The smallest absolute Gasteiger partial charge is 0.306 e. The van der Waals surface area contributed by atoms with Crippen LogP contribution in [0, 0.1) is 0 Å². The van der Waals surface area contributed by atoms with Crippen LogP contribution in [-0.2, 0) is 9.53 Å². The molecular weight excluding hydrogens is 360 g/mol. The lowest BCUT2D eigenvalue weighted by Gasteiger charge is -2.25. The molecule has 0 aliphatic heterocycles. The summed E-state index contributed by atoms with van der Waals surface area (Å²) in [4.78, 5) is 37.1. The van der Waals surface area contributed by atoms with Gasteiger partial charge in [0.2, 0.25) is 0 Å². The molecule has 152 valence electrons. The minimum Gasteiger partial charge on any atom is -0.496 e. The number of ether oxygens (including phenoxy) is 3. The zero-order chi connectivity index (χ0) is 20.7. The summed E-state index contributed by atoms with van der Waals surface area (Å²) in [5, 5.41) is 0. The third-order valence-electron chi connectivity index (χ3n) is 4.72. The van der Waals surface area contributed by atoms with Crippen molar-refractivity contribution < 1.29 is 28.6 Å². The second-order valence-electron chi connectivity index (χ2n) is 6.74. The van der Waals surface area contributed by atoms with Crippen LogP contribution in [0.4, 0.5) is 0 Å². The molecule has 0 heterocycles. The Labute approximate surface area is 165 Å². The van der Waals surface area contributed by atoms with Crippen LogP contribution < -0.4 is 9.47 Å². The quantitative estimate of drug-likeness (QED) is 0.430. The Balaban J connectivity index is 2.58. The zero-order valence-electron chi connectivity index (χ0n) is 17.0. The molecule has 0 fully saturated rings. The van der Waals surface area contributed by atoms with Crippen molar-refractivity contribution in [3.63, 3.8) is 0 Å². The van der Waals surface area contributed by atoms with Gasteiger partial charge in [-0.15, -0.1) is 0 Å². The van der Waals surface area contributed by atoms with Gasteiger partial charge < -0.3 is 14.2 Å². The highest BCUT2D eigenvalue weighted by Crippen LogP contribution is 2.42. The van der Waals surface area contributed by atoms with Crippen LogP contribution in [0.3, 0.4) is 0 Å². The van der Waals surface area contributed by atoms with E-state index < -0.39 is 6.10 Å². The number of carbonyl (C=O) groups excluding carboxylic acids is 3. The van der Waals surface area contributed by atoms with Crippen LogP contribution >= 0.6 is 0 Å². The number of unbranched alkanes of at least 4 members (excludes halogenated alkanes) is 2. The van der Waals surface area contributed by atoms with Crippen LogP contribution in [0.1, 0.15) is 84.8 Å². The Hall–Kier alpha value is -2.63. The fraction of sp³-hybridized carbons (Fsp3) is 0.500. The van der Waals surface area contributed by atoms with E-state index in [9.17, 15) is 14.4 Å². The van der Waals surface area contributed by atoms with Gasteiger partial charge in [0.05, 0.1) is 25.3 Å². The van der Waals surface area contributed by atoms with Gasteiger partial charge in [0.25, 0.3) is 0 Å². The van der Waals surface area contributed by atoms with E-state index in [0.29, 0.717) is 24.8 Å². The highest BCUT2D eigenvalue weighted by Gasteiger charge is 2.32. The number of allylic oxidation sites excluding steroid dienone is 2. The summed E-state index contributed by atoms with van der Waals surface area (Å²) in [6.07, 6.45) is 6.35. The van der Waals surface area contributed by atoms with Gasteiger partial charge in [-0.25, -0.2) is 0 Å². The number of methoxy groups -OCH3 is 2. The third kappa shape index (κ3) is 4.61. The molecule has 0 amide bonds. The van der Waals surface area contributed by atoms with Crippen molar-refractivity contribution in [2.75, 3.05) is 14.2 Å². The molecule has 0 bridgehead atoms. The lowest BCUT2D eigenvalue weighted by atomic mass is 9.88. The molecule has 0 spiro atoms. The minimum absolute atomic E-state index is 0.163. The monoisotopic (exact) mass is 388 g/mol. The van der Waals surface area contributed by atoms with E-state index in [2.05, 4.69) is 6.92 Å². The summed E-state index contributed by atoms with van der Waals surface area (Å²) in [5.74, 6) is -0.407. The molecule has 2 rings (SSSR count). The fourth-order valence-electron chi connectivity index (χ4n) is 3.36. The van der Waals surface area contributed by atoms with Gasteiger partial charge in [-0.2, -0.15) is 0 Å². The van der Waals surface area contributed by atoms with Gasteiger partial charge in [0, 0.05) is 12.0 Å². The standard InChI is InChI=1S/C22H28O6/c1-5-7-8-10-17(28-19(25)9-6-2)14-13-18(26-3)20-15(23)11-12-16(24)21(20)22(14)27-4/h11-13,17H,5-10H2,1-4H3. The van der Waals surface area contributed by atoms with Crippen molar-refractivity contribution in [2.45, 2.75) is 58.5 Å². The molecule has 1 aliphatic rings. The van der Waals surface area contributed by atoms with Crippen LogP contribution in [-0.4, -0.2) is 31.8 Å². The first-order valence-corrected chi connectivity index (χ1v) is 9.73. The number of ketones is 2. The maximum absolute atomic E-state index is 12.6. The van der Waals surface area contributed by atoms with Crippen LogP contribution in [0.2, 0.25) is 0 Å². The Morgan fingerprint density at radius 2 is 1.64 bits per heavy atom. The van der Waals surface area contributed by atoms with E-state index in [1.165, 1.54) is 26.4 Å². The molecule has 0 radical (unpaired) electrons. The van der Waals surface area contributed by atoms with E-state index in [0.717, 1.165) is 19.3 Å². The Morgan fingerprint density at radius 1 is 0.964 bits per heavy atom. The number of carbonyl (C=O) groups is 3. The van der Waals surface area contributed by atoms with Crippen molar-refractivity contribution in [3.8, 4) is 11.5 Å². The third-order valence-corrected chi connectivity index (χ3v) is 4.72. The summed E-state index contributed by atoms with van der Waals surface area (Å²) in [6, 6.07) is 1.65. The summed E-state index contributed by atoms with van der Waals surface area (Å²) in [7, 11) is 2.88. The van der Waals surface area contributed by atoms with Crippen molar-refractivity contribution >= 4 is 17.5 Å². The average Bonchev–Trinajstić information content (AvgIpc) is 2.69. The first-order valence-electron chi connectivity index (χ1n) is 9.73. The second-order valence-corrected chi connectivity index (χ2v) is 6.74. The first-order chi connectivity index (χ1) is 13.5. The molecule has 0 saturated heterocycles. The maximum atomic E-state index is 12.6.